The van der Waals surface area contributed by atoms with Crippen LogP contribution in [0.15, 0.2) is 0 Å². The Labute approximate surface area is 139 Å². The molecule has 0 aromatic carbocycles. The van der Waals surface area contributed by atoms with Crippen LogP contribution in [0, 0.1) is 0 Å². The first-order chi connectivity index (χ1) is 11.3. The Morgan fingerprint density at radius 2 is 1.75 bits per heavy atom. The second-order valence-corrected chi connectivity index (χ2v) is 4.70. The molecule has 0 saturated heterocycles. The molecule has 0 spiro atoms. The SMILES string of the molecule is CNC(=O)[C@H](CCCNC(N)=O)NC(=O)CNC(=O)CC(=O)OC. The van der Waals surface area contributed by atoms with E-state index in [9.17, 15) is 24.0 Å². The maximum absolute atomic E-state index is 11.8. The molecule has 0 radical (unpaired) electrons. The van der Waals surface area contributed by atoms with E-state index in [0.29, 0.717) is 6.42 Å². The Hall–Kier alpha value is -2.85. The van der Waals surface area contributed by atoms with Crippen LogP contribution in [0.3, 0.4) is 0 Å². The zero-order valence-electron chi connectivity index (χ0n) is 13.6. The number of primary amides is 1. The lowest BCUT2D eigenvalue weighted by Gasteiger charge is -2.17. The summed E-state index contributed by atoms with van der Waals surface area (Å²) in [5, 5.41) is 9.46. The fourth-order valence-corrected chi connectivity index (χ4v) is 1.65. The maximum Gasteiger partial charge on any atom is 0.315 e. The van der Waals surface area contributed by atoms with Crippen molar-refractivity contribution in [2.45, 2.75) is 25.3 Å². The molecule has 0 fully saturated rings. The highest BCUT2D eigenvalue weighted by atomic mass is 16.5. The van der Waals surface area contributed by atoms with Gasteiger partial charge in [-0.15, -0.1) is 0 Å². The Morgan fingerprint density at radius 3 is 2.29 bits per heavy atom. The number of hydrogen-bond acceptors (Lipinski definition) is 6. The number of urea groups is 1. The van der Waals surface area contributed by atoms with Gasteiger partial charge in [0.15, 0.2) is 0 Å². The smallest absolute Gasteiger partial charge is 0.315 e. The zero-order valence-corrected chi connectivity index (χ0v) is 13.6. The van der Waals surface area contributed by atoms with Gasteiger partial charge in [0.2, 0.25) is 17.7 Å². The molecule has 11 heteroatoms. The first kappa shape index (κ1) is 21.1. The lowest BCUT2D eigenvalue weighted by Crippen LogP contribution is -2.49. The van der Waals surface area contributed by atoms with Crippen molar-refractivity contribution in [3.05, 3.63) is 0 Å². The number of carbonyl (C=O) groups excluding carboxylic acids is 5. The lowest BCUT2D eigenvalue weighted by molar-refractivity contribution is -0.144. The van der Waals surface area contributed by atoms with Gasteiger partial charge in [0.05, 0.1) is 13.7 Å². The van der Waals surface area contributed by atoms with Gasteiger partial charge < -0.3 is 31.7 Å². The van der Waals surface area contributed by atoms with Crippen molar-refractivity contribution < 1.29 is 28.7 Å². The first-order valence-corrected chi connectivity index (χ1v) is 7.18. The summed E-state index contributed by atoms with van der Waals surface area (Å²) in [4.78, 5) is 56.3. The van der Waals surface area contributed by atoms with E-state index < -0.39 is 42.2 Å². The fraction of sp³-hybridized carbons (Fsp3) is 0.615. The average molecular weight is 345 g/mol. The first-order valence-electron chi connectivity index (χ1n) is 7.18. The standard InChI is InChI=1S/C13H23N5O6/c1-15-12(22)8(4-3-5-16-13(14)23)18-10(20)7-17-9(19)6-11(21)24-2/h8H,3-7H2,1-2H3,(H,15,22)(H,17,19)(H,18,20)(H3,14,16,23)/t8-/m0/s1. The van der Waals surface area contributed by atoms with E-state index in [1.165, 1.54) is 7.05 Å². The molecule has 0 aliphatic carbocycles. The molecule has 136 valence electrons. The third-order valence-electron chi connectivity index (χ3n) is 2.85. The van der Waals surface area contributed by atoms with E-state index in [0.717, 1.165) is 7.11 Å². The molecule has 0 unspecified atom stereocenters. The Balaban J connectivity index is 4.29. The highest BCUT2D eigenvalue weighted by Crippen LogP contribution is 1.97. The highest BCUT2D eigenvalue weighted by Gasteiger charge is 2.19. The zero-order chi connectivity index (χ0) is 18.5. The van der Waals surface area contributed by atoms with Crippen LogP contribution in [0.5, 0.6) is 0 Å². The minimum Gasteiger partial charge on any atom is -0.469 e. The molecule has 0 heterocycles. The molecule has 0 aromatic rings. The molecule has 0 aromatic heterocycles. The van der Waals surface area contributed by atoms with Gasteiger partial charge in [-0.3, -0.25) is 19.2 Å². The third kappa shape index (κ3) is 9.97. The molecule has 0 bridgehead atoms. The number of likely N-dealkylation sites (N-methyl/N-ethyl adjacent to an activating group) is 1. The number of nitrogens with two attached hydrogens (primary N) is 1. The molecule has 5 amide bonds. The van der Waals surface area contributed by atoms with Gasteiger partial charge in [0.1, 0.15) is 12.5 Å². The van der Waals surface area contributed by atoms with Gasteiger partial charge in [-0.2, -0.15) is 0 Å². The van der Waals surface area contributed by atoms with Crippen LogP contribution >= 0.6 is 0 Å². The van der Waals surface area contributed by atoms with Crippen molar-refractivity contribution in [2.75, 3.05) is 27.2 Å². The van der Waals surface area contributed by atoms with E-state index in [1.807, 2.05) is 0 Å². The quantitative estimate of drug-likeness (QED) is 0.164. The van der Waals surface area contributed by atoms with Crippen molar-refractivity contribution in [1.82, 2.24) is 21.3 Å². The molecule has 0 saturated carbocycles. The number of ether oxygens (including phenoxy) is 1. The van der Waals surface area contributed by atoms with Gasteiger partial charge in [0.25, 0.3) is 0 Å². The van der Waals surface area contributed by atoms with Gasteiger partial charge in [0, 0.05) is 13.6 Å². The summed E-state index contributed by atoms with van der Waals surface area (Å²) in [7, 11) is 2.56. The number of carbonyl (C=O) groups is 5. The molecule has 6 N–H and O–H groups in total. The van der Waals surface area contributed by atoms with Gasteiger partial charge in [-0.05, 0) is 12.8 Å². The summed E-state index contributed by atoms with van der Waals surface area (Å²) in [6.45, 7) is -0.128. The van der Waals surface area contributed by atoms with Crippen LogP contribution in [0.2, 0.25) is 0 Å². The van der Waals surface area contributed by atoms with E-state index in [1.54, 1.807) is 0 Å². The van der Waals surface area contributed by atoms with Crippen molar-refractivity contribution >= 4 is 29.7 Å². The number of amides is 5. The molecule has 0 aliphatic heterocycles. The number of methoxy groups -OCH3 is 1. The normalized spacial score (nSPS) is 10.9. The molecule has 0 rings (SSSR count). The molecule has 11 nitrogen and oxygen atoms in total. The van der Waals surface area contributed by atoms with Crippen molar-refractivity contribution in [3.63, 3.8) is 0 Å². The lowest BCUT2D eigenvalue weighted by atomic mass is 10.1. The molecule has 0 aliphatic rings. The van der Waals surface area contributed by atoms with E-state index >= 15 is 0 Å². The van der Waals surface area contributed by atoms with E-state index in [4.69, 9.17) is 5.73 Å². The highest BCUT2D eigenvalue weighted by molar-refractivity contribution is 5.96. The molecular formula is C13H23N5O6. The second kappa shape index (κ2) is 11.7. The van der Waals surface area contributed by atoms with Crippen LogP contribution < -0.4 is 27.0 Å². The summed E-state index contributed by atoms with van der Waals surface area (Å²) in [5.74, 6) is -2.40. The number of esters is 1. The minimum absolute atomic E-state index is 0.258. The van der Waals surface area contributed by atoms with Crippen molar-refractivity contribution in [1.29, 1.82) is 0 Å². The van der Waals surface area contributed by atoms with Crippen LogP contribution in [0.4, 0.5) is 4.79 Å². The van der Waals surface area contributed by atoms with Crippen molar-refractivity contribution in [3.8, 4) is 0 Å². The maximum atomic E-state index is 11.8. The average Bonchev–Trinajstić information content (AvgIpc) is 2.54. The summed E-state index contributed by atoms with van der Waals surface area (Å²) in [6, 6.07) is -1.50. The van der Waals surface area contributed by atoms with E-state index in [-0.39, 0.29) is 19.5 Å². The summed E-state index contributed by atoms with van der Waals surface area (Å²) in [5.41, 5.74) is 4.92. The Bertz CT molecular complexity index is 481. The largest absolute Gasteiger partial charge is 0.469 e. The van der Waals surface area contributed by atoms with Crippen molar-refractivity contribution in [2.24, 2.45) is 5.73 Å². The Kier molecular flexibility index (Phi) is 10.3. The van der Waals surface area contributed by atoms with Crippen LogP contribution in [0.25, 0.3) is 0 Å². The van der Waals surface area contributed by atoms with Crippen LogP contribution in [0.1, 0.15) is 19.3 Å². The van der Waals surface area contributed by atoms with Crippen LogP contribution in [-0.2, 0) is 23.9 Å². The monoisotopic (exact) mass is 345 g/mol. The number of hydrogen-bond donors (Lipinski definition) is 5. The summed E-state index contributed by atoms with van der Waals surface area (Å²) < 4.78 is 4.32. The topological polar surface area (TPSA) is 169 Å². The van der Waals surface area contributed by atoms with Gasteiger partial charge in [-0.25, -0.2) is 4.79 Å². The number of rotatable bonds is 10. The third-order valence-corrected chi connectivity index (χ3v) is 2.85. The van der Waals surface area contributed by atoms with Gasteiger partial charge in [-0.1, -0.05) is 0 Å². The second-order valence-electron chi connectivity index (χ2n) is 4.70. The van der Waals surface area contributed by atoms with Gasteiger partial charge >= 0.3 is 12.0 Å². The summed E-state index contributed by atoms with van der Waals surface area (Å²) in [6.07, 6.45) is 0.180. The molecule has 1 atom stereocenters. The minimum atomic E-state index is -0.824. The summed E-state index contributed by atoms with van der Waals surface area (Å²) >= 11 is 0. The number of nitrogens with one attached hydrogen (secondary N) is 4. The molecule has 24 heavy (non-hydrogen) atoms. The molecular weight excluding hydrogens is 322 g/mol. The predicted molar refractivity (Wildman–Crippen MR) is 82.5 cm³/mol. The predicted octanol–water partition coefficient (Wildman–Crippen LogP) is -2.65. The fourth-order valence-electron chi connectivity index (χ4n) is 1.65. The van der Waals surface area contributed by atoms with Crippen LogP contribution in [-0.4, -0.2) is 63.0 Å². The van der Waals surface area contributed by atoms with E-state index in [2.05, 4.69) is 26.0 Å². The Morgan fingerprint density at radius 1 is 1.08 bits per heavy atom.